The highest BCUT2D eigenvalue weighted by Gasteiger charge is 2.37. The fourth-order valence-electron chi connectivity index (χ4n) is 11.5. The zero-order valence-electron chi connectivity index (χ0n) is 37.2. The van der Waals surface area contributed by atoms with Gasteiger partial charge in [-0.1, -0.05) is 243 Å². The highest BCUT2D eigenvalue weighted by atomic mass is 14.4. The summed E-state index contributed by atoms with van der Waals surface area (Å²) in [5.74, 6) is 0. The summed E-state index contributed by atoms with van der Waals surface area (Å²) in [6.07, 6.45) is 6.58. The predicted molar refractivity (Wildman–Crippen MR) is 288 cm³/mol. The van der Waals surface area contributed by atoms with E-state index in [-0.39, 0.29) is 0 Å². The van der Waals surface area contributed by atoms with Crippen LogP contribution >= 0.6 is 0 Å². The third-order valence-corrected chi connectivity index (χ3v) is 14.2. The van der Waals surface area contributed by atoms with Crippen LogP contribution in [-0.2, 0) is 0 Å². The van der Waals surface area contributed by atoms with Crippen LogP contribution in [0.15, 0.2) is 243 Å². The first-order valence-electron chi connectivity index (χ1n) is 23.3. The molecule has 0 amide bonds. The molecule has 0 saturated carbocycles. The molecule has 0 aliphatic heterocycles. The molecule has 11 aromatic rings. The maximum Gasteiger partial charge on any atom is -0.000718 e. The normalized spacial score (nSPS) is 12.3. The summed E-state index contributed by atoms with van der Waals surface area (Å²) in [6.45, 7) is 6.98. The van der Waals surface area contributed by atoms with E-state index in [1.807, 2.05) is 0 Å². The SMILES string of the molecule is C=C(/C(=C\C=C/C)c1c2c(c(-c3ccccc3-c3ccccc3)c3ccccc13)-c1ccc3c4c(ccc-2c14)-c1c-3c(-c2ccccc2)c2ccccc2c1-c1ccccc1)c1ccccc1. The van der Waals surface area contributed by atoms with Crippen LogP contribution in [0.5, 0.6) is 0 Å². The minimum absolute atomic E-state index is 0.997. The Labute approximate surface area is 391 Å². The Bertz CT molecular complexity index is 3790. The average Bonchev–Trinajstić information content (AvgIpc) is 3.91. The van der Waals surface area contributed by atoms with Gasteiger partial charge in [0.15, 0.2) is 0 Å². The molecule has 0 heteroatoms. The monoisotopic (exact) mass is 848 g/mol. The number of benzene rings is 11. The predicted octanol–water partition coefficient (Wildman–Crippen LogP) is 18.8. The van der Waals surface area contributed by atoms with Crippen molar-refractivity contribution in [3.63, 3.8) is 0 Å². The fraction of sp³-hybridized carbons (Fsp3) is 0.0149. The Kier molecular flexibility index (Phi) is 9.01. The molecule has 67 heavy (non-hydrogen) atoms. The lowest BCUT2D eigenvalue weighted by atomic mass is 9.79. The van der Waals surface area contributed by atoms with Crippen LogP contribution in [0.25, 0.3) is 132 Å². The van der Waals surface area contributed by atoms with Crippen LogP contribution in [0.2, 0.25) is 0 Å². The van der Waals surface area contributed by atoms with E-state index in [1.54, 1.807) is 0 Å². The highest BCUT2D eigenvalue weighted by molar-refractivity contribution is 6.35. The van der Waals surface area contributed by atoms with Crippen LogP contribution in [0.3, 0.4) is 0 Å². The Morgan fingerprint density at radius 3 is 1.22 bits per heavy atom. The first-order valence-corrected chi connectivity index (χ1v) is 23.3. The van der Waals surface area contributed by atoms with Gasteiger partial charge in [-0.25, -0.2) is 0 Å². The van der Waals surface area contributed by atoms with Crippen molar-refractivity contribution in [2.24, 2.45) is 0 Å². The molecule has 0 nitrogen and oxygen atoms in total. The second kappa shape index (κ2) is 15.5. The van der Waals surface area contributed by atoms with Crippen molar-refractivity contribution >= 4 is 43.5 Å². The molecule has 0 bridgehead atoms. The second-order valence-corrected chi connectivity index (χ2v) is 17.8. The van der Waals surface area contributed by atoms with Gasteiger partial charge in [0.1, 0.15) is 0 Å². The number of allylic oxidation sites excluding steroid dienone is 5. The number of hydrogen-bond acceptors (Lipinski definition) is 0. The molecule has 0 N–H and O–H groups in total. The average molecular weight is 849 g/mol. The number of rotatable bonds is 8. The van der Waals surface area contributed by atoms with Crippen LogP contribution in [0, 0.1) is 0 Å². The molecular formula is C67H44. The van der Waals surface area contributed by atoms with Crippen molar-refractivity contribution in [1.29, 1.82) is 0 Å². The van der Waals surface area contributed by atoms with Gasteiger partial charge in [-0.3, -0.25) is 0 Å². The van der Waals surface area contributed by atoms with E-state index in [2.05, 4.69) is 244 Å². The zero-order chi connectivity index (χ0) is 44.6. The standard InChI is InChI=1S/C67H44/c1-3-4-31-47(42(2)43-23-9-5-10-24-43)60-52-36-21-22-37-53(52)61(49-33-18-17-32-48(49)44-25-11-6-12-26-44)67-57-41-39-55-62-54(38-40-56(63(57)62)66(60)67)64-58(45-27-13-7-14-28-45)50-34-19-20-35-51(50)59(65(55)64)46-29-15-8-16-30-46/h3-41H,2H2,1H3/b4-3-,47-31+. The Morgan fingerprint density at radius 1 is 0.328 bits per heavy atom. The van der Waals surface area contributed by atoms with E-state index in [4.69, 9.17) is 6.58 Å². The summed E-state index contributed by atoms with van der Waals surface area (Å²) < 4.78 is 0. The third kappa shape index (κ3) is 5.80. The number of fused-ring (bicyclic) bond motifs is 8. The van der Waals surface area contributed by atoms with Crippen LogP contribution in [0.1, 0.15) is 18.1 Å². The third-order valence-electron chi connectivity index (χ3n) is 14.2. The van der Waals surface area contributed by atoms with Gasteiger partial charge in [0.05, 0.1) is 0 Å². The maximum absolute atomic E-state index is 4.89. The summed E-state index contributed by atoms with van der Waals surface area (Å²) >= 11 is 0. The smallest absolute Gasteiger partial charge is 0.000718 e. The lowest BCUT2D eigenvalue weighted by molar-refractivity contribution is 1.58. The van der Waals surface area contributed by atoms with Gasteiger partial charge >= 0.3 is 0 Å². The van der Waals surface area contributed by atoms with Crippen LogP contribution in [-0.4, -0.2) is 0 Å². The first kappa shape index (κ1) is 38.8. The molecule has 0 aromatic heterocycles. The minimum atomic E-state index is 0.997. The highest BCUT2D eigenvalue weighted by Crippen LogP contribution is 2.64. The largest absolute Gasteiger partial charge is 0.0905 e. The van der Waals surface area contributed by atoms with Crippen molar-refractivity contribution in [1.82, 2.24) is 0 Å². The molecule has 0 radical (unpaired) electrons. The lowest BCUT2D eigenvalue weighted by Gasteiger charge is -2.24. The zero-order valence-corrected chi connectivity index (χ0v) is 37.2. The molecule has 0 spiro atoms. The molecule has 0 heterocycles. The van der Waals surface area contributed by atoms with Gasteiger partial charge in [0.2, 0.25) is 0 Å². The van der Waals surface area contributed by atoms with Gasteiger partial charge in [0, 0.05) is 0 Å². The molecule has 2 aliphatic rings. The summed E-state index contributed by atoms with van der Waals surface area (Å²) in [6, 6.07) is 80.6. The summed E-state index contributed by atoms with van der Waals surface area (Å²) in [5, 5.41) is 7.60. The minimum Gasteiger partial charge on any atom is -0.0905 e. The van der Waals surface area contributed by atoms with Crippen molar-refractivity contribution in [2.75, 3.05) is 0 Å². The Morgan fingerprint density at radius 2 is 0.716 bits per heavy atom. The van der Waals surface area contributed by atoms with E-state index in [1.165, 1.54) is 127 Å². The van der Waals surface area contributed by atoms with Gasteiger partial charge in [0.25, 0.3) is 0 Å². The van der Waals surface area contributed by atoms with E-state index in [9.17, 15) is 0 Å². The molecular weight excluding hydrogens is 805 g/mol. The molecule has 0 atom stereocenters. The Hall–Kier alpha value is -8.58. The molecule has 0 saturated heterocycles. The summed E-state index contributed by atoms with van der Waals surface area (Å²) in [5.41, 5.74) is 24.6. The molecule has 312 valence electrons. The quantitative estimate of drug-likeness (QED) is 0.134. The van der Waals surface area contributed by atoms with Crippen molar-refractivity contribution in [3.8, 4) is 89.0 Å². The molecule has 11 aromatic carbocycles. The molecule has 13 rings (SSSR count). The van der Waals surface area contributed by atoms with Gasteiger partial charge < -0.3 is 0 Å². The van der Waals surface area contributed by atoms with Crippen molar-refractivity contribution in [3.05, 3.63) is 254 Å². The Balaban J connectivity index is 1.21. The van der Waals surface area contributed by atoms with Gasteiger partial charge in [-0.15, -0.1) is 0 Å². The maximum atomic E-state index is 4.89. The fourth-order valence-corrected chi connectivity index (χ4v) is 11.5. The molecule has 2 aliphatic carbocycles. The summed E-state index contributed by atoms with van der Waals surface area (Å²) in [4.78, 5) is 0. The van der Waals surface area contributed by atoms with Crippen molar-refractivity contribution < 1.29 is 0 Å². The topological polar surface area (TPSA) is 0 Å². The number of hydrogen-bond donors (Lipinski definition) is 0. The first-order chi connectivity index (χ1) is 33.2. The van der Waals surface area contributed by atoms with Gasteiger partial charge in [-0.05, 0) is 151 Å². The van der Waals surface area contributed by atoms with E-state index in [0.717, 1.165) is 16.7 Å². The lowest BCUT2D eigenvalue weighted by Crippen LogP contribution is -1.99. The van der Waals surface area contributed by atoms with Crippen LogP contribution in [0.4, 0.5) is 0 Å². The van der Waals surface area contributed by atoms with E-state index in [0.29, 0.717) is 0 Å². The molecule has 0 fully saturated rings. The van der Waals surface area contributed by atoms with E-state index >= 15 is 0 Å². The van der Waals surface area contributed by atoms with Crippen LogP contribution < -0.4 is 0 Å². The van der Waals surface area contributed by atoms with Gasteiger partial charge in [-0.2, -0.15) is 0 Å². The summed E-state index contributed by atoms with van der Waals surface area (Å²) in [7, 11) is 0. The van der Waals surface area contributed by atoms with Crippen molar-refractivity contribution in [2.45, 2.75) is 6.92 Å². The van der Waals surface area contributed by atoms with E-state index < -0.39 is 0 Å². The second-order valence-electron chi connectivity index (χ2n) is 17.8. The molecule has 0 unspecified atom stereocenters.